The van der Waals surface area contributed by atoms with Gasteiger partial charge in [0.1, 0.15) is 5.69 Å². The van der Waals surface area contributed by atoms with E-state index in [0.717, 1.165) is 12.1 Å². The maximum Gasteiger partial charge on any atom is 0.269 e. The van der Waals surface area contributed by atoms with Crippen LogP contribution in [0, 0.1) is 5.92 Å². The normalized spacial score (nSPS) is 10.5. The van der Waals surface area contributed by atoms with Gasteiger partial charge in [0.15, 0.2) is 0 Å². The second-order valence-corrected chi connectivity index (χ2v) is 4.79. The lowest BCUT2D eigenvalue weighted by Crippen LogP contribution is -2.26. The molecule has 0 aromatic carbocycles. The van der Waals surface area contributed by atoms with Crippen LogP contribution in [0.15, 0.2) is 18.3 Å². The number of nitrogens with one attached hydrogen (secondary N) is 2. The molecule has 1 amide bonds. The van der Waals surface area contributed by atoms with E-state index in [0.29, 0.717) is 31.3 Å². The molecule has 0 atom stereocenters. The summed E-state index contributed by atoms with van der Waals surface area (Å²) in [5, 5.41) is 6.04. The highest BCUT2D eigenvalue weighted by molar-refractivity contribution is 5.93. The number of amides is 1. The molecular formula is C14H23N3O2. The van der Waals surface area contributed by atoms with Gasteiger partial charge in [-0.2, -0.15) is 0 Å². The van der Waals surface area contributed by atoms with E-state index in [-0.39, 0.29) is 5.91 Å². The van der Waals surface area contributed by atoms with Gasteiger partial charge in [0.2, 0.25) is 0 Å². The monoisotopic (exact) mass is 265 g/mol. The molecule has 0 aliphatic heterocycles. The van der Waals surface area contributed by atoms with Crippen molar-refractivity contribution in [1.29, 1.82) is 0 Å². The zero-order valence-corrected chi connectivity index (χ0v) is 11.9. The van der Waals surface area contributed by atoms with Crippen LogP contribution >= 0.6 is 0 Å². The first kappa shape index (κ1) is 15.4. The van der Waals surface area contributed by atoms with Crippen molar-refractivity contribution in [3.8, 4) is 0 Å². The van der Waals surface area contributed by atoms with Crippen LogP contribution in [0.5, 0.6) is 0 Å². The van der Waals surface area contributed by atoms with Crippen molar-refractivity contribution in [3.05, 3.63) is 24.0 Å². The summed E-state index contributed by atoms with van der Waals surface area (Å²) in [7, 11) is 1.65. The van der Waals surface area contributed by atoms with Gasteiger partial charge < -0.3 is 15.4 Å². The average molecular weight is 265 g/mol. The third-order valence-corrected chi connectivity index (χ3v) is 2.64. The third-order valence-electron chi connectivity index (χ3n) is 2.64. The van der Waals surface area contributed by atoms with Gasteiger partial charge in [0, 0.05) is 32.1 Å². The van der Waals surface area contributed by atoms with Crippen molar-refractivity contribution in [3.63, 3.8) is 0 Å². The molecule has 0 fully saturated rings. The first-order valence-electron chi connectivity index (χ1n) is 6.60. The summed E-state index contributed by atoms with van der Waals surface area (Å²) in [5.74, 6) is 0.450. The van der Waals surface area contributed by atoms with Crippen molar-refractivity contribution in [2.75, 3.05) is 32.1 Å². The van der Waals surface area contributed by atoms with Crippen molar-refractivity contribution in [2.24, 2.45) is 5.92 Å². The molecule has 1 heterocycles. The van der Waals surface area contributed by atoms with E-state index in [2.05, 4.69) is 29.5 Å². The van der Waals surface area contributed by atoms with Crippen LogP contribution in [0.3, 0.4) is 0 Å². The molecule has 5 nitrogen and oxygen atoms in total. The van der Waals surface area contributed by atoms with Crippen molar-refractivity contribution < 1.29 is 9.53 Å². The van der Waals surface area contributed by atoms with E-state index >= 15 is 0 Å². The largest absolute Gasteiger partial charge is 0.383 e. The number of rotatable bonds is 8. The van der Waals surface area contributed by atoms with Crippen LogP contribution in [0.25, 0.3) is 0 Å². The van der Waals surface area contributed by atoms with Crippen molar-refractivity contribution in [2.45, 2.75) is 20.3 Å². The van der Waals surface area contributed by atoms with Gasteiger partial charge in [-0.15, -0.1) is 0 Å². The van der Waals surface area contributed by atoms with E-state index in [4.69, 9.17) is 4.74 Å². The maximum absolute atomic E-state index is 11.9. The molecule has 0 aliphatic carbocycles. The average Bonchev–Trinajstić information content (AvgIpc) is 2.39. The second kappa shape index (κ2) is 8.48. The van der Waals surface area contributed by atoms with Gasteiger partial charge in [0.25, 0.3) is 5.91 Å². The summed E-state index contributed by atoms with van der Waals surface area (Å²) >= 11 is 0. The molecule has 1 aromatic heterocycles. The van der Waals surface area contributed by atoms with Gasteiger partial charge in [-0.25, -0.2) is 0 Å². The Bertz CT molecular complexity index is 394. The van der Waals surface area contributed by atoms with E-state index in [1.54, 1.807) is 19.4 Å². The van der Waals surface area contributed by atoms with E-state index in [9.17, 15) is 4.79 Å². The van der Waals surface area contributed by atoms with Crippen LogP contribution in [0.1, 0.15) is 30.8 Å². The molecule has 5 heteroatoms. The third kappa shape index (κ3) is 6.20. The summed E-state index contributed by atoms with van der Waals surface area (Å²) in [5.41, 5.74) is 1.31. The minimum Gasteiger partial charge on any atom is -0.383 e. The fourth-order valence-corrected chi connectivity index (χ4v) is 1.53. The minimum absolute atomic E-state index is 0.129. The quantitative estimate of drug-likeness (QED) is 0.705. The minimum atomic E-state index is -0.129. The first-order chi connectivity index (χ1) is 9.13. The highest BCUT2D eigenvalue weighted by Gasteiger charge is 2.07. The standard InChI is InChI=1S/C14H23N3O2/c1-11(2)4-6-17-14(18)13-10-12(5-7-16-13)15-8-9-19-3/h5,7,10-11H,4,6,8-9H2,1-3H3,(H,15,16)(H,17,18). The molecule has 19 heavy (non-hydrogen) atoms. The number of methoxy groups -OCH3 is 1. The Labute approximate surface area is 114 Å². The lowest BCUT2D eigenvalue weighted by Gasteiger charge is -2.09. The van der Waals surface area contributed by atoms with Gasteiger partial charge in [-0.3, -0.25) is 9.78 Å². The number of pyridine rings is 1. The van der Waals surface area contributed by atoms with E-state index < -0.39 is 0 Å². The zero-order valence-electron chi connectivity index (χ0n) is 11.9. The lowest BCUT2D eigenvalue weighted by atomic mass is 10.1. The molecule has 0 spiro atoms. The Morgan fingerprint density at radius 1 is 1.42 bits per heavy atom. The molecule has 0 aliphatic rings. The maximum atomic E-state index is 11.9. The molecule has 1 rings (SSSR count). The van der Waals surface area contributed by atoms with Crippen LogP contribution in [0.4, 0.5) is 5.69 Å². The number of hydrogen-bond acceptors (Lipinski definition) is 4. The highest BCUT2D eigenvalue weighted by Crippen LogP contribution is 2.07. The molecular weight excluding hydrogens is 242 g/mol. The topological polar surface area (TPSA) is 63.2 Å². The zero-order chi connectivity index (χ0) is 14.1. The number of carbonyl (C=O) groups excluding carboxylic acids is 1. The van der Waals surface area contributed by atoms with Crippen LogP contribution in [-0.2, 0) is 4.74 Å². The summed E-state index contributed by atoms with van der Waals surface area (Å²) in [6, 6.07) is 3.58. The summed E-state index contributed by atoms with van der Waals surface area (Å²) < 4.78 is 4.96. The molecule has 0 radical (unpaired) electrons. The van der Waals surface area contributed by atoms with E-state index in [1.165, 1.54) is 0 Å². The fourth-order valence-electron chi connectivity index (χ4n) is 1.53. The number of carbonyl (C=O) groups is 1. The molecule has 0 bridgehead atoms. The fraction of sp³-hybridized carbons (Fsp3) is 0.571. The Balaban J connectivity index is 2.48. The van der Waals surface area contributed by atoms with Crippen LogP contribution < -0.4 is 10.6 Å². The first-order valence-corrected chi connectivity index (χ1v) is 6.60. The number of hydrogen-bond donors (Lipinski definition) is 2. The number of nitrogens with zero attached hydrogens (tertiary/aromatic N) is 1. The molecule has 106 valence electrons. The Kier molecular flexibility index (Phi) is 6.89. The lowest BCUT2D eigenvalue weighted by molar-refractivity contribution is 0.0947. The predicted octanol–water partition coefficient (Wildman–Crippen LogP) is 1.92. The molecule has 0 saturated carbocycles. The Morgan fingerprint density at radius 3 is 2.89 bits per heavy atom. The summed E-state index contributed by atoms with van der Waals surface area (Å²) in [6.45, 7) is 6.27. The van der Waals surface area contributed by atoms with Gasteiger partial charge in [0.05, 0.1) is 6.61 Å². The number of ether oxygens (including phenoxy) is 1. The number of anilines is 1. The number of aromatic nitrogens is 1. The van der Waals surface area contributed by atoms with Crippen molar-refractivity contribution in [1.82, 2.24) is 10.3 Å². The second-order valence-electron chi connectivity index (χ2n) is 4.79. The van der Waals surface area contributed by atoms with E-state index in [1.807, 2.05) is 6.07 Å². The summed E-state index contributed by atoms with van der Waals surface area (Å²) in [6.07, 6.45) is 2.60. The Morgan fingerprint density at radius 2 is 2.21 bits per heavy atom. The predicted molar refractivity (Wildman–Crippen MR) is 76.4 cm³/mol. The van der Waals surface area contributed by atoms with Crippen LogP contribution in [0.2, 0.25) is 0 Å². The molecule has 1 aromatic rings. The van der Waals surface area contributed by atoms with Gasteiger partial charge in [-0.05, 0) is 24.5 Å². The molecule has 0 saturated heterocycles. The highest BCUT2D eigenvalue weighted by atomic mass is 16.5. The van der Waals surface area contributed by atoms with Gasteiger partial charge in [-0.1, -0.05) is 13.8 Å². The smallest absolute Gasteiger partial charge is 0.269 e. The molecule has 2 N–H and O–H groups in total. The van der Waals surface area contributed by atoms with Gasteiger partial charge >= 0.3 is 0 Å². The Hall–Kier alpha value is -1.62. The van der Waals surface area contributed by atoms with Crippen LogP contribution in [-0.4, -0.2) is 37.7 Å². The van der Waals surface area contributed by atoms with Crippen molar-refractivity contribution >= 4 is 11.6 Å². The SMILES string of the molecule is COCCNc1ccnc(C(=O)NCCC(C)C)c1. The molecule has 0 unspecified atom stereocenters. The summed E-state index contributed by atoms with van der Waals surface area (Å²) in [4.78, 5) is 16.0.